The van der Waals surface area contributed by atoms with Gasteiger partial charge in [-0.2, -0.15) is 0 Å². The lowest BCUT2D eigenvalue weighted by molar-refractivity contribution is -0.120. The van der Waals surface area contributed by atoms with Gasteiger partial charge in [0.15, 0.2) is 0 Å². The molecule has 1 amide bonds. The molecule has 1 aliphatic carbocycles. The number of carbonyl (C=O) groups is 1. The first-order valence-electron chi connectivity index (χ1n) is 5.82. The van der Waals surface area contributed by atoms with Gasteiger partial charge in [-0.25, -0.2) is 0 Å². The highest BCUT2D eigenvalue weighted by Gasteiger charge is 2.31. The molecular formula is C12H16BrN3O. The van der Waals surface area contributed by atoms with Gasteiger partial charge in [-0.1, -0.05) is 6.42 Å². The number of nitrogens with two attached hydrogens (primary N) is 1. The highest BCUT2D eigenvalue weighted by Crippen LogP contribution is 2.31. The van der Waals surface area contributed by atoms with Crippen molar-refractivity contribution in [3.05, 3.63) is 22.9 Å². The molecule has 0 aliphatic heterocycles. The van der Waals surface area contributed by atoms with Crippen LogP contribution in [0.25, 0.3) is 0 Å². The van der Waals surface area contributed by atoms with E-state index in [1.165, 1.54) is 0 Å². The van der Waals surface area contributed by atoms with Gasteiger partial charge in [0.2, 0.25) is 5.91 Å². The number of anilines is 1. The maximum absolute atomic E-state index is 12.1. The summed E-state index contributed by atoms with van der Waals surface area (Å²) < 4.78 is 0.858. The van der Waals surface area contributed by atoms with Crippen molar-refractivity contribution in [1.29, 1.82) is 0 Å². The highest BCUT2D eigenvalue weighted by atomic mass is 79.9. The van der Waals surface area contributed by atoms with E-state index in [4.69, 9.17) is 5.73 Å². The summed E-state index contributed by atoms with van der Waals surface area (Å²) in [7, 11) is 0. The van der Waals surface area contributed by atoms with Gasteiger partial charge in [-0.3, -0.25) is 9.78 Å². The molecule has 1 aliphatic rings. The second-order valence-electron chi connectivity index (χ2n) is 4.41. The van der Waals surface area contributed by atoms with E-state index >= 15 is 0 Å². The third-order valence-corrected chi connectivity index (χ3v) is 3.70. The molecule has 0 bridgehead atoms. The van der Waals surface area contributed by atoms with Crippen LogP contribution in [-0.4, -0.2) is 17.4 Å². The maximum atomic E-state index is 12.1. The molecule has 5 heteroatoms. The number of halogens is 1. The van der Waals surface area contributed by atoms with E-state index in [9.17, 15) is 4.79 Å². The molecule has 17 heavy (non-hydrogen) atoms. The van der Waals surface area contributed by atoms with Crippen molar-refractivity contribution in [2.24, 2.45) is 17.6 Å². The van der Waals surface area contributed by atoms with Gasteiger partial charge < -0.3 is 11.1 Å². The lowest BCUT2D eigenvalue weighted by atomic mass is 9.95. The first kappa shape index (κ1) is 12.5. The number of amides is 1. The largest absolute Gasteiger partial charge is 0.330 e. The molecule has 2 atom stereocenters. The fourth-order valence-electron chi connectivity index (χ4n) is 2.38. The van der Waals surface area contributed by atoms with Crippen LogP contribution >= 0.6 is 15.9 Å². The predicted molar refractivity (Wildman–Crippen MR) is 70.5 cm³/mol. The Morgan fingerprint density at radius 1 is 1.53 bits per heavy atom. The van der Waals surface area contributed by atoms with Gasteiger partial charge in [0, 0.05) is 16.6 Å². The lowest BCUT2D eigenvalue weighted by Crippen LogP contribution is -2.29. The van der Waals surface area contributed by atoms with E-state index in [2.05, 4.69) is 26.2 Å². The number of nitrogens with zero attached hydrogens (tertiary/aromatic N) is 1. The average molecular weight is 298 g/mol. The van der Waals surface area contributed by atoms with Crippen molar-refractivity contribution >= 4 is 27.5 Å². The third kappa shape index (κ3) is 3.04. The Kier molecular flexibility index (Phi) is 4.12. The lowest BCUT2D eigenvalue weighted by Gasteiger charge is -2.17. The highest BCUT2D eigenvalue weighted by molar-refractivity contribution is 9.10. The van der Waals surface area contributed by atoms with Crippen LogP contribution in [-0.2, 0) is 4.79 Å². The zero-order valence-corrected chi connectivity index (χ0v) is 11.1. The number of pyridine rings is 1. The van der Waals surface area contributed by atoms with Gasteiger partial charge in [0.1, 0.15) is 0 Å². The van der Waals surface area contributed by atoms with Crippen LogP contribution in [0, 0.1) is 11.8 Å². The summed E-state index contributed by atoms with van der Waals surface area (Å²) in [5.74, 6) is 0.451. The summed E-state index contributed by atoms with van der Waals surface area (Å²) in [5.41, 5.74) is 6.41. The molecule has 1 aromatic heterocycles. The standard InChI is InChI=1S/C12H16BrN3O/c13-9-4-10(7-15-6-9)16-12(17)11-3-1-2-8(11)5-14/h4,6-8,11H,1-3,5,14H2,(H,16,17). The third-order valence-electron chi connectivity index (χ3n) is 3.27. The van der Waals surface area contributed by atoms with Crippen LogP contribution in [0.1, 0.15) is 19.3 Å². The molecule has 1 saturated carbocycles. The normalized spacial score (nSPS) is 23.6. The second kappa shape index (κ2) is 5.60. The Balaban J connectivity index is 2.01. The zero-order valence-electron chi connectivity index (χ0n) is 9.53. The van der Waals surface area contributed by atoms with Crippen molar-refractivity contribution in [3.8, 4) is 0 Å². The number of nitrogens with one attached hydrogen (secondary N) is 1. The summed E-state index contributed by atoms with van der Waals surface area (Å²) in [6.45, 7) is 0.592. The average Bonchev–Trinajstić information content (AvgIpc) is 2.77. The Bertz CT molecular complexity index is 410. The molecular weight excluding hydrogens is 282 g/mol. The molecule has 4 nitrogen and oxygen atoms in total. The molecule has 2 rings (SSSR count). The van der Waals surface area contributed by atoms with Gasteiger partial charge in [-0.15, -0.1) is 0 Å². The van der Waals surface area contributed by atoms with Crippen molar-refractivity contribution in [1.82, 2.24) is 4.98 Å². The number of aromatic nitrogens is 1. The minimum absolute atomic E-state index is 0.0546. The number of carbonyl (C=O) groups excluding carboxylic acids is 1. The fraction of sp³-hybridized carbons (Fsp3) is 0.500. The predicted octanol–water partition coefficient (Wildman–Crippen LogP) is 2.16. The number of hydrogen-bond acceptors (Lipinski definition) is 3. The first-order valence-corrected chi connectivity index (χ1v) is 6.61. The van der Waals surface area contributed by atoms with Crippen molar-refractivity contribution in [2.45, 2.75) is 19.3 Å². The maximum Gasteiger partial charge on any atom is 0.227 e. The molecule has 92 valence electrons. The van der Waals surface area contributed by atoms with Crippen molar-refractivity contribution < 1.29 is 4.79 Å². The summed E-state index contributed by atoms with van der Waals surface area (Å²) in [4.78, 5) is 16.1. The topological polar surface area (TPSA) is 68.0 Å². The molecule has 1 heterocycles. The Morgan fingerprint density at radius 2 is 2.35 bits per heavy atom. The monoisotopic (exact) mass is 297 g/mol. The second-order valence-corrected chi connectivity index (χ2v) is 5.33. The van der Waals surface area contributed by atoms with Crippen molar-refractivity contribution in [2.75, 3.05) is 11.9 Å². The molecule has 3 N–H and O–H groups in total. The van der Waals surface area contributed by atoms with Crippen LogP contribution in [0.15, 0.2) is 22.9 Å². The zero-order chi connectivity index (χ0) is 12.3. The number of hydrogen-bond donors (Lipinski definition) is 2. The molecule has 0 saturated heterocycles. The molecule has 0 radical (unpaired) electrons. The summed E-state index contributed by atoms with van der Waals surface area (Å²) >= 11 is 3.33. The van der Waals surface area contributed by atoms with Gasteiger partial charge in [-0.05, 0) is 47.3 Å². The van der Waals surface area contributed by atoms with E-state index in [-0.39, 0.29) is 11.8 Å². The Hall–Kier alpha value is -0.940. The van der Waals surface area contributed by atoms with E-state index in [0.29, 0.717) is 12.5 Å². The van der Waals surface area contributed by atoms with Crippen molar-refractivity contribution in [3.63, 3.8) is 0 Å². The van der Waals surface area contributed by atoms with E-state index in [0.717, 1.165) is 29.4 Å². The first-order chi connectivity index (χ1) is 8.20. The summed E-state index contributed by atoms with van der Waals surface area (Å²) in [6, 6.07) is 1.84. The molecule has 2 unspecified atom stereocenters. The molecule has 1 aromatic rings. The van der Waals surface area contributed by atoms with Crippen LogP contribution < -0.4 is 11.1 Å². The molecule has 0 spiro atoms. The van der Waals surface area contributed by atoms with E-state index < -0.39 is 0 Å². The van der Waals surface area contributed by atoms with Crippen LogP contribution in [0.5, 0.6) is 0 Å². The van der Waals surface area contributed by atoms with E-state index in [1.807, 2.05) is 6.07 Å². The van der Waals surface area contributed by atoms with Gasteiger partial charge in [0.05, 0.1) is 11.9 Å². The fourth-order valence-corrected chi connectivity index (χ4v) is 2.74. The summed E-state index contributed by atoms with van der Waals surface area (Å²) in [6.07, 6.45) is 6.43. The van der Waals surface area contributed by atoms with Crippen LogP contribution in [0.3, 0.4) is 0 Å². The quantitative estimate of drug-likeness (QED) is 0.898. The van der Waals surface area contributed by atoms with Gasteiger partial charge >= 0.3 is 0 Å². The minimum Gasteiger partial charge on any atom is -0.330 e. The van der Waals surface area contributed by atoms with Gasteiger partial charge in [0.25, 0.3) is 0 Å². The molecule has 0 aromatic carbocycles. The van der Waals surface area contributed by atoms with Crippen LogP contribution in [0.2, 0.25) is 0 Å². The minimum atomic E-state index is 0.0546. The smallest absolute Gasteiger partial charge is 0.227 e. The molecule has 1 fully saturated rings. The SMILES string of the molecule is NCC1CCCC1C(=O)Nc1cncc(Br)c1. The Morgan fingerprint density at radius 3 is 3.06 bits per heavy atom. The van der Waals surface area contributed by atoms with Crippen LogP contribution in [0.4, 0.5) is 5.69 Å². The Labute approximate surface area is 109 Å². The summed E-state index contributed by atoms with van der Waals surface area (Å²) in [5, 5.41) is 2.90. The van der Waals surface area contributed by atoms with E-state index in [1.54, 1.807) is 12.4 Å². The number of rotatable bonds is 3.